The first-order valence-electron chi connectivity index (χ1n) is 9.91. The Balaban J connectivity index is 2.27. The van der Waals surface area contributed by atoms with Crippen LogP contribution in [0.3, 0.4) is 0 Å². The quantitative estimate of drug-likeness (QED) is 0.507. The van der Waals surface area contributed by atoms with Gasteiger partial charge in [0.15, 0.2) is 11.5 Å². The van der Waals surface area contributed by atoms with E-state index in [0.717, 1.165) is 28.2 Å². The first kappa shape index (κ1) is 21.5. The van der Waals surface area contributed by atoms with Gasteiger partial charge in [0.2, 0.25) is 0 Å². The number of nitrogens with zero attached hydrogens (tertiary/aromatic N) is 1. The molecule has 0 aliphatic heterocycles. The summed E-state index contributed by atoms with van der Waals surface area (Å²) in [7, 11) is 3.22. The van der Waals surface area contributed by atoms with Gasteiger partial charge >= 0.3 is 5.97 Å². The third-order valence-corrected chi connectivity index (χ3v) is 4.94. The van der Waals surface area contributed by atoms with Gasteiger partial charge in [-0.25, -0.2) is 4.79 Å². The first-order valence-corrected chi connectivity index (χ1v) is 9.91. The van der Waals surface area contributed by atoms with E-state index < -0.39 is 5.60 Å². The van der Waals surface area contributed by atoms with Crippen LogP contribution in [-0.2, 0) is 4.74 Å². The van der Waals surface area contributed by atoms with Crippen molar-refractivity contribution in [1.82, 2.24) is 4.57 Å². The number of esters is 1. The third kappa shape index (κ3) is 4.06. The van der Waals surface area contributed by atoms with Gasteiger partial charge in [0, 0.05) is 28.7 Å². The molecule has 158 valence electrons. The summed E-state index contributed by atoms with van der Waals surface area (Å²) in [5.74, 6) is 0.947. The Kier molecular flexibility index (Phi) is 5.92. The fraction of sp³-hybridized carbons (Fsp3) is 0.320. The van der Waals surface area contributed by atoms with Gasteiger partial charge in [-0.3, -0.25) is 0 Å². The molecule has 1 heterocycles. The molecule has 0 radical (unpaired) electrons. The van der Waals surface area contributed by atoms with E-state index in [1.54, 1.807) is 14.2 Å². The van der Waals surface area contributed by atoms with Gasteiger partial charge in [-0.15, -0.1) is 0 Å². The lowest BCUT2D eigenvalue weighted by Crippen LogP contribution is -2.24. The zero-order chi connectivity index (χ0) is 22.1. The minimum Gasteiger partial charge on any atom is -0.493 e. The van der Waals surface area contributed by atoms with Gasteiger partial charge in [0.05, 0.1) is 19.8 Å². The van der Waals surface area contributed by atoms with E-state index in [-0.39, 0.29) is 5.97 Å². The number of aromatic nitrogens is 1. The van der Waals surface area contributed by atoms with Gasteiger partial charge in [-0.2, -0.15) is 0 Å². The minimum atomic E-state index is -0.586. The topological polar surface area (TPSA) is 49.7 Å². The highest BCUT2D eigenvalue weighted by Crippen LogP contribution is 2.37. The molecule has 0 atom stereocenters. The van der Waals surface area contributed by atoms with Crippen LogP contribution in [0.15, 0.2) is 48.5 Å². The molecule has 0 spiro atoms. The van der Waals surface area contributed by atoms with Crippen molar-refractivity contribution in [3.8, 4) is 28.3 Å². The van der Waals surface area contributed by atoms with Crippen LogP contribution in [0.4, 0.5) is 0 Å². The Bertz CT molecular complexity index is 1060. The van der Waals surface area contributed by atoms with Gasteiger partial charge < -0.3 is 18.8 Å². The molecular weight excluding hydrogens is 378 g/mol. The molecule has 0 bridgehead atoms. The van der Waals surface area contributed by atoms with Crippen LogP contribution in [0.25, 0.3) is 16.8 Å². The molecule has 1 aromatic heterocycles. The number of hydrogen-bond donors (Lipinski definition) is 0. The summed E-state index contributed by atoms with van der Waals surface area (Å²) in [4.78, 5) is 13.2. The van der Waals surface area contributed by atoms with Gasteiger partial charge in [0.1, 0.15) is 5.60 Å². The Morgan fingerprint density at radius 3 is 2.07 bits per heavy atom. The highest BCUT2D eigenvalue weighted by Gasteiger charge is 2.28. The van der Waals surface area contributed by atoms with E-state index in [4.69, 9.17) is 14.2 Å². The molecule has 0 aliphatic carbocycles. The van der Waals surface area contributed by atoms with E-state index in [9.17, 15) is 4.79 Å². The van der Waals surface area contributed by atoms with Crippen LogP contribution in [0.1, 0.15) is 42.5 Å². The summed E-state index contributed by atoms with van der Waals surface area (Å²) >= 11 is 0. The maximum absolute atomic E-state index is 13.2. The van der Waals surface area contributed by atoms with E-state index in [1.165, 1.54) is 0 Å². The molecule has 5 nitrogen and oxygen atoms in total. The summed E-state index contributed by atoms with van der Waals surface area (Å²) in [5, 5.41) is 0. The molecular formula is C25H29NO4. The molecule has 0 aliphatic rings. The number of carbonyl (C=O) groups is 1. The fourth-order valence-electron chi connectivity index (χ4n) is 3.73. The molecule has 5 heteroatoms. The molecule has 3 aromatic rings. The Morgan fingerprint density at radius 2 is 1.50 bits per heavy atom. The number of rotatable bonds is 5. The highest BCUT2D eigenvalue weighted by atomic mass is 16.6. The summed E-state index contributed by atoms with van der Waals surface area (Å²) in [6.45, 7) is 9.58. The standard InChI is InChI=1S/C25H29NO4/c1-16-22(18-11-9-8-10-12-18)23(24(27)30-25(3,4)5)17(2)26(16)19-13-14-20(28-6)21(15-19)29-7/h8-15H,1-7H3. The molecule has 0 saturated heterocycles. The molecule has 30 heavy (non-hydrogen) atoms. The van der Waals surface area contributed by atoms with Crippen molar-refractivity contribution in [1.29, 1.82) is 0 Å². The monoisotopic (exact) mass is 407 g/mol. The average Bonchev–Trinajstić information content (AvgIpc) is 2.97. The van der Waals surface area contributed by atoms with Crippen LogP contribution >= 0.6 is 0 Å². The largest absolute Gasteiger partial charge is 0.493 e. The molecule has 2 aromatic carbocycles. The van der Waals surface area contributed by atoms with Crippen molar-refractivity contribution in [3.05, 3.63) is 65.5 Å². The lowest BCUT2D eigenvalue weighted by molar-refractivity contribution is 0.00696. The van der Waals surface area contributed by atoms with Crippen molar-refractivity contribution in [2.24, 2.45) is 0 Å². The van der Waals surface area contributed by atoms with Gasteiger partial charge in [0.25, 0.3) is 0 Å². The van der Waals surface area contributed by atoms with E-state index in [2.05, 4.69) is 4.57 Å². The number of hydrogen-bond acceptors (Lipinski definition) is 4. The predicted octanol–water partition coefficient (Wildman–Crippen LogP) is 5.73. The van der Waals surface area contributed by atoms with E-state index in [1.807, 2.05) is 83.1 Å². The second-order valence-corrected chi connectivity index (χ2v) is 8.16. The van der Waals surface area contributed by atoms with Crippen LogP contribution in [0.5, 0.6) is 11.5 Å². The lowest BCUT2D eigenvalue weighted by Gasteiger charge is -2.20. The summed E-state index contributed by atoms with van der Waals surface area (Å²) in [5.41, 5.74) is 4.48. The number of carbonyl (C=O) groups excluding carboxylic acids is 1. The van der Waals surface area contributed by atoms with Crippen LogP contribution < -0.4 is 9.47 Å². The maximum atomic E-state index is 13.2. The molecule has 0 fully saturated rings. The van der Waals surface area contributed by atoms with Crippen molar-refractivity contribution >= 4 is 5.97 Å². The third-order valence-electron chi connectivity index (χ3n) is 4.94. The normalized spacial score (nSPS) is 11.3. The van der Waals surface area contributed by atoms with Crippen LogP contribution in [-0.4, -0.2) is 30.4 Å². The van der Waals surface area contributed by atoms with Crippen molar-refractivity contribution < 1.29 is 19.0 Å². The van der Waals surface area contributed by atoms with Crippen molar-refractivity contribution in [2.45, 2.75) is 40.2 Å². The summed E-state index contributed by atoms with van der Waals surface area (Å²) < 4.78 is 18.7. The zero-order valence-corrected chi connectivity index (χ0v) is 18.7. The average molecular weight is 408 g/mol. The SMILES string of the molecule is COc1ccc(-n2c(C)c(C(=O)OC(C)(C)C)c(-c3ccccc3)c2C)cc1OC. The Morgan fingerprint density at radius 1 is 0.867 bits per heavy atom. The molecule has 3 rings (SSSR count). The fourth-order valence-corrected chi connectivity index (χ4v) is 3.73. The highest BCUT2D eigenvalue weighted by molar-refractivity contribution is 6.00. The number of methoxy groups -OCH3 is 2. The van der Waals surface area contributed by atoms with E-state index >= 15 is 0 Å². The Labute approximate surface area is 178 Å². The minimum absolute atomic E-state index is 0.332. The zero-order valence-electron chi connectivity index (χ0n) is 18.7. The molecule has 0 N–H and O–H groups in total. The van der Waals surface area contributed by atoms with Crippen LogP contribution in [0, 0.1) is 13.8 Å². The number of ether oxygens (including phenoxy) is 3. The molecule has 0 saturated carbocycles. The Hall–Kier alpha value is -3.21. The number of benzene rings is 2. The molecule has 0 amide bonds. The predicted molar refractivity (Wildman–Crippen MR) is 119 cm³/mol. The van der Waals surface area contributed by atoms with Gasteiger partial charge in [-0.05, 0) is 52.3 Å². The smallest absolute Gasteiger partial charge is 0.341 e. The van der Waals surface area contributed by atoms with Crippen molar-refractivity contribution in [2.75, 3.05) is 14.2 Å². The first-order chi connectivity index (χ1) is 14.2. The second kappa shape index (κ2) is 8.27. The molecule has 0 unspecified atom stereocenters. The van der Waals surface area contributed by atoms with Crippen LogP contribution in [0.2, 0.25) is 0 Å². The lowest BCUT2D eigenvalue weighted by atomic mass is 10.0. The summed E-state index contributed by atoms with van der Waals surface area (Å²) in [6, 6.07) is 15.6. The second-order valence-electron chi connectivity index (χ2n) is 8.16. The summed E-state index contributed by atoms with van der Waals surface area (Å²) in [6.07, 6.45) is 0. The maximum Gasteiger partial charge on any atom is 0.341 e. The van der Waals surface area contributed by atoms with Crippen molar-refractivity contribution in [3.63, 3.8) is 0 Å². The van der Waals surface area contributed by atoms with Gasteiger partial charge in [-0.1, -0.05) is 30.3 Å². The van der Waals surface area contributed by atoms with E-state index in [0.29, 0.717) is 17.1 Å².